The monoisotopic (exact) mass is 273 g/mol. The van der Waals surface area contributed by atoms with Crippen LogP contribution in [-0.2, 0) is 6.42 Å². The van der Waals surface area contributed by atoms with Gasteiger partial charge in [-0.1, -0.05) is 12.1 Å². The molecule has 0 atom stereocenters. The normalized spacial score (nSPS) is 10.3. The summed E-state index contributed by atoms with van der Waals surface area (Å²) in [6, 6.07) is 11.3. The molecule has 0 unspecified atom stereocenters. The Balaban J connectivity index is 2.11. The van der Waals surface area contributed by atoms with Gasteiger partial charge in [0.25, 0.3) is 5.91 Å². The van der Waals surface area contributed by atoms with Crippen molar-refractivity contribution in [2.75, 3.05) is 11.9 Å². The standard InChI is InChI=1S/C16H16FNO2/c1-11-10-13(17)4-7-15(11)16(20)18-14-5-2-12(3-6-14)8-9-19/h2-7,10,19H,8-9H2,1H3,(H,18,20). The largest absolute Gasteiger partial charge is 0.396 e. The molecule has 2 rings (SSSR count). The van der Waals surface area contributed by atoms with E-state index in [-0.39, 0.29) is 18.3 Å². The van der Waals surface area contributed by atoms with Crippen molar-refractivity contribution in [1.82, 2.24) is 0 Å². The van der Waals surface area contributed by atoms with Gasteiger partial charge in [0.05, 0.1) is 0 Å². The van der Waals surface area contributed by atoms with Gasteiger partial charge in [0.1, 0.15) is 5.82 Å². The molecule has 0 aliphatic rings. The van der Waals surface area contributed by atoms with Crippen LogP contribution in [-0.4, -0.2) is 17.6 Å². The number of aliphatic hydroxyl groups excluding tert-OH is 1. The third-order valence-corrected chi connectivity index (χ3v) is 3.05. The lowest BCUT2D eigenvalue weighted by atomic mass is 10.1. The highest BCUT2D eigenvalue weighted by Crippen LogP contribution is 2.14. The highest BCUT2D eigenvalue weighted by Gasteiger charge is 2.09. The van der Waals surface area contributed by atoms with Gasteiger partial charge in [-0.2, -0.15) is 0 Å². The van der Waals surface area contributed by atoms with E-state index in [2.05, 4.69) is 5.32 Å². The number of nitrogens with one attached hydrogen (secondary N) is 1. The molecular formula is C16H16FNO2. The number of halogens is 1. The van der Waals surface area contributed by atoms with Crippen LogP contribution >= 0.6 is 0 Å². The molecule has 0 spiro atoms. The lowest BCUT2D eigenvalue weighted by molar-refractivity contribution is 0.102. The van der Waals surface area contributed by atoms with Crippen LogP contribution in [0.15, 0.2) is 42.5 Å². The van der Waals surface area contributed by atoms with Crippen LogP contribution in [0.3, 0.4) is 0 Å². The summed E-state index contributed by atoms with van der Waals surface area (Å²) in [6.45, 7) is 1.79. The Hall–Kier alpha value is -2.20. The van der Waals surface area contributed by atoms with Crippen molar-refractivity contribution >= 4 is 11.6 Å². The van der Waals surface area contributed by atoms with E-state index in [1.54, 1.807) is 19.1 Å². The van der Waals surface area contributed by atoms with Gasteiger partial charge in [-0.3, -0.25) is 4.79 Å². The van der Waals surface area contributed by atoms with Crippen LogP contribution in [0.25, 0.3) is 0 Å². The van der Waals surface area contributed by atoms with Gasteiger partial charge in [-0.25, -0.2) is 4.39 Å². The molecule has 4 heteroatoms. The van der Waals surface area contributed by atoms with Crippen molar-refractivity contribution in [2.45, 2.75) is 13.3 Å². The van der Waals surface area contributed by atoms with Gasteiger partial charge in [0, 0.05) is 17.9 Å². The lowest BCUT2D eigenvalue weighted by Gasteiger charge is -2.08. The first-order chi connectivity index (χ1) is 9.60. The predicted molar refractivity (Wildman–Crippen MR) is 76.3 cm³/mol. The van der Waals surface area contributed by atoms with Crippen LogP contribution in [0.1, 0.15) is 21.5 Å². The topological polar surface area (TPSA) is 49.3 Å². The third-order valence-electron chi connectivity index (χ3n) is 3.05. The Bertz CT molecular complexity index is 608. The minimum absolute atomic E-state index is 0.0977. The average Bonchev–Trinajstić information content (AvgIpc) is 2.41. The Labute approximate surface area is 117 Å². The second kappa shape index (κ2) is 6.30. The molecule has 1 amide bonds. The fourth-order valence-corrected chi connectivity index (χ4v) is 1.96. The van der Waals surface area contributed by atoms with Crippen molar-refractivity contribution in [3.05, 3.63) is 65.0 Å². The first-order valence-corrected chi connectivity index (χ1v) is 6.37. The zero-order valence-electron chi connectivity index (χ0n) is 11.2. The predicted octanol–water partition coefficient (Wildman–Crippen LogP) is 2.92. The Kier molecular flexibility index (Phi) is 4.48. The minimum Gasteiger partial charge on any atom is -0.396 e. The van der Waals surface area contributed by atoms with Crippen LogP contribution in [0.5, 0.6) is 0 Å². The highest BCUT2D eigenvalue weighted by molar-refractivity contribution is 6.05. The molecule has 3 nitrogen and oxygen atoms in total. The molecule has 2 N–H and O–H groups in total. The van der Waals surface area contributed by atoms with Crippen LogP contribution in [0, 0.1) is 12.7 Å². The van der Waals surface area contributed by atoms with Gasteiger partial charge in [0.2, 0.25) is 0 Å². The van der Waals surface area contributed by atoms with Gasteiger partial charge in [-0.05, 0) is 54.8 Å². The first kappa shape index (κ1) is 14.2. The van der Waals surface area contributed by atoms with Crippen molar-refractivity contribution in [2.24, 2.45) is 0 Å². The molecule has 0 heterocycles. The summed E-state index contributed by atoms with van der Waals surface area (Å²) in [5.41, 5.74) is 2.72. The molecule has 0 fully saturated rings. The molecule has 2 aromatic rings. The minimum atomic E-state index is -0.354. The summed E-state index contributed by atoms with van der Waals surface area (Å²) >= 11 is 0. The van der Waals surface area contributed by atoms with Crippen LogP contribution in [0.2, 0.25) is 0 Å². The average molecular weight is 273 g/mol. The van der Waals surface area contributed by atoms with Gasteiger partial charge < -0.3 is 10.4 Å². The van der Waals surface area contributed by atoms with E-state index >= 15 is 0 Å². The van der Waals surface area contributed by atoms with Gasteiger partial charge >= 0.3 is 0 Å². The smallest absolute Gasteiger partial charge is 0.255 e. The fourth-order valence-electron chi connectivity index (χ4n) is 1.96. The number of rotatable bonds is 4. The second-order valence-corrected chi connectivity index (χ2v) is 4.58. The van der Waals surface area contributed by atoms with Gasteiger partial charge in [0.15, 0.2) is 0 Å². The van der Waals surface area contributed by atoms with E-state index < -0.39 is 0 Å². The molecule has 0 aromatic heterocycles. The number of hydrogen-bond donors (Lipinski definition) is 2. The number of carbonyl (C=O) groups excluding carboxylic acids is 1. The van der Waals surface area contributed by atoms with Crippen molar-refractivity contribution in [1.29, 1.82) is 0 Å². The van der Waals surface area contributed by atoms with Crippen molar-refractivity contribution < 1.29 is 14.3 Å². The maximum atomic E-state index is 13.0. The SMILES string of the molecule is Cc1cc(F)ccc1C(=O)Nc1ccc(CCO)cc1. The third kappa shape index (κ3) is 3.42. The van der Waals surface area contributed by atoms with Crippen molar-refractivity contribution in [3.63, 3.8) is 0 Å². The zero-order valence-corrected chi connectivity index (χ0v) is 11.2. The van der Waals surface area contributed by atoms with Crippen LogP contribution < -0.4 is 5.32 Å². The molecule has 20 heavy (non-hydrogen) atoms. The molecule has 0 bridgehead atoms. The molecular weight excluding hydrogens is 257 g/mol. The lowest BCUT2D eigenvalue weighted by Crippen LogP contribution is -2.13. The van der Waals surface area contributed by atoms with E-state index in [4.69, 9.17) is 5.11 Å². The molecule has 0 aliphatic heterocycles. The fraction of sp³-hybridized carbons (Fsp3) is 0.188. The number of carbonyl (C=O) groups is 1. The zero-order chi connectivity index (χ0) is 14.5. The van der Waals surface area contributed by atoms with Crippen molar-refractivity contribution in [3.8, 4) is 0 Å². The van der Waals surface area contributed by atoms with E-state index in [1.165, 1.54) is 18.2 Å². The molecule has 0 radical (unpaired) electrons. The molecule has 2 aromatic carbocycles. The first-order valence-electron chi connectivity index (χ1n) is 6.37. The van der Waals surface area contributed by atoms with E-state index in [0.29, 0.717) is 23.2 Å². The molecule has 0 saturated heterocycles. The summed E-state index contributed by atoms with van der Waals surface area (Å²) in [7, 11) is 0. The van der Waals surface area contributed by atoms with Crippen LogP contribution in [0.4, 0.5) is 10.1 Å². The summed E-state index contributed by atoms with van der Waals surface area (Å²) in [4.78, 5) is 12.1. The number of benzene rings is 2. The van der Waals surface area contributed by atoms with Gasteiger partial charge in [-0.15, -0.1) is 0 Å². The number of aryl methyl sites for hydroxylation is 1. The number of aliphatic hydroxyl groups is 1. The molecule has 0 saturated carbocycles. The molecule has 104 valence electrons. The summed E-state index contributed by atoms with van der Waals surface area (Å²) in [5, 5.41) is 11.6. The summed E-state index contributed by atoms with van der Waals surface area (Å²) in [6.07, 6.45) is 0.589. The van der Waals surface area contributed by atoms with E-state index in [1.807, 2.05) is 12.1 Å². The second-order valence-electron chi connectivity index (χ2n) is 4.58. The van der Waals surface area contributed by atoms with E-state index in [0.717, 1.165) is 5.56 Å². The maximum Gasteiger partial charge on any atom is 0.255 e. The highest BCUT2D eigenvalue weighted by atomic mass is 19.1. The Morgan fingerprint density at radius 3 is 2.50 bits per heavy atom. The van der Waals surface area contributed by atoms with E-state index in [9.17, 15) is 9.18 Å². The number of amides is 1. The number of hydrogen-bond acceptors (Lipinski definition) is 2. The maximum absolute atomic E-state index is 13.0. The Morgan fingerprint density at radius 1 is 1.20 bits per heavy atom. The quantitative estimate of drug-likeness (QED) is 0.900. The summed E-state index contributed by atoms with van der Waals surface area (Å²) in [5.74, 6) is -0.621. The number of anilines is 1. The molecule has 0 aliphatic carbocycles. The summed E-state index contributed by atoms with van der Waals surface area (Å²) < 4.78 is 13.0. The Morgan fingerprint density at radius 2 is 1.90 bits per heavy atom.